The molecule has 0 radical (unpaired) electrons. The molecule has 2 aromatic carbocycles. The van der Waals surface area contributed by atoms with Crippen LogP contribution >= 0.6 is 0 Å². The van der Waals surface area contributed by atoms with Gasteiger partial charge in [-0.3, -0.25) is 10.1 Å². The number of hydrogen-bond acceptors (Lipinski definition) is 3. The Morgan fingerprint density at radius 3 is 2.35 bits per heavy atom. The number of benzene rings is 2. The van der Waals surface area contributed by atoms with E-state index in [2.05, 4.69) is 0 Å². The first-order chi connectivity index (χ1) is 8.08. The largest absolute Gasteiger partial charge is 0.399 e. The molecule has 2 N–H and O–H groups in total. The van der Waals surface area contributed by atoms with Crippen molar-refractivity contribution in [3.63, 3.8) is 0 Å². The van der Waals surface area contributed by atoms with Crippen LogP contribution in [0.2, 0.25) is 0 Å². The molecule has 0 unspecified atom stereocenters. The molecule has 0 saturated carbocycles. The van der Waals surface area contributed by atoms with Crippen molar-refractivity contribution < 1.29 is 4.92 Å². The molecule has 0 aliphatic heterocycles. The second-order valence-electron chi connectivity index (χ2n) is 3.90. The molecule has 2 rings (SSSR count). The molecule has 0 aliphatic carbocycles. The molecule has 0 aromatic heterocycles. The van der Waals surface area contributed by atoms with E-state index in [0.29, 0.717) is 11.3 Å². The van der Waals surface area contributed by atoms with Gasteiger partial charge in [-0.05, 0) is 30.7 Å². The minimum Gasteiger partial charge on any atom is -0.399 e. The average molecular weight is 228 g/mol. The van der Waals surface area contributed by atoms with Gasteiger partial charge in [-0.2, -0.15) is 0 Å². The van der Waals surface area contributed by atoms with Crippen LogP contribution in [0.3, 0.4) is 0 Å². The van der Waals surface area contributed by atoms with Crippen molar-refractivity contribution in [1.82, 2.24) is 0 Å². The molecule has 0 atom stereocenters. The first-order valence-electron chi connectivity index (χ1n) is 5.19. The van der Waals surface area contributed by atoms with Crippen molar-refractivity contribution in [3.8, 4) is 11.1 Å². The van der Waals surface area contributed by atoms with E-state index >= 15 is 0 Å². The highest BCUT2D eigenvalue weighted by atomic mass is 16.6. The molecule has 0 bridgehead atoms. The van der Waals surface area contributed by atoms with E-state index in [1.54, 1.807) is 30.3 Å². The van der Waals surface area contributed by atoms with Crippen LogP contribution in [0.25, 0.3) is 11.1 Å². The maximum atomic E-state index is 11.0. The fourth-order valence-corrected chi connectivity index (χ4v) is 1.70. The molecular formula is C13H12N2O2. The van der Waals surface area contributed by atoms with Crippen LogP contribution in [-0.2, 0) is 0 Å². The van der Waals surface area contributed by atoms with E-state index < -0.39 is 0 Å². The lowest BCUT2D eigenvalue weighted by Gasteiger charge is -2.05. The zero-order valence-corrected chi connectivity index (χ0v) is 9.38. The van der Waals surface area contributed by atoms with Crippen LogP contribution in [0.5, 0.6) is 0 Å². The quantitative estimate of drug-likeness (QED) is 0.487. The van der Waals surface area contributed by atoms with Crippen LogP contribution in [0.15, 0.2) is 42.5 Å². The van der Waals surface area contributed by atoms with E-state index in [9.17, 15) is 10.1 Å². The fourth-order valence-electron chi connectivity index (χ4n) is 1.70. The van der Waals surface area contributed by atoms with Crippen molar-refractivity contribution in [2.45, 2.75) is 6.92 Å². The van der Waals surface area contributed by atoms with Crippen LogP contribution in [0.1, 0.15) is 5.56 Å². The minimum absolute atomic E-state index is 0.111. The van der Waals surface area contributed by atoms with Gasteiger partial charge in [0.1, 0.15) is 0 Å². The number of hydrogen-bond donors (Lipinski definition) is 1. The van der Waals surface area contributed by atoms with Gasteiger partial charge in [0.25, 0.3) is 5.69 Å². The van der Waals surface area contributed by atoms with Gasteiger partial charge < -0.3 is 5.73 Å². The Morgan fingerprint density at radius 1 is 1.12 bits per heavy atom. The summed E-state index contributed by atoms with van der Waals surface area (Å²) in [5.74, 6) is 0. The predicted octanol–water partition coefficient (Wildman–Crippen LogP) is 3.15. The number of nitrogens with zero attached hydrogens (tertiary/aromatic N) is 1. The predicted molar refractivity (Wildman–Crippen MR) is 67.7 cm³/mol. The summed E-state index contributed by atoms with van der Waals surface area (Å²) in [4.78, 5) is 10.6. The summed E-state index contributed by atoms with van der Waals surface area (Å²) in [6.07, 6.45) is 0. The Morgan fingerprint density at radius 2 is 1.76 bits per heavy atom. The first kappa shape index (κ1) is 11.1. The highest BCUT2D eigenvalue weighted by Gasteiger charge is 2.14. The molecule has 0 heterocycles. The third-order valence-electron chi connectivity index (χ3n) is 2.57. The van der Waals surface area contributed by atoms with Gasteiger partial charge in [-0.25, -0.2) is 0 Å². The second-order valence-corrected chi connectivity index (χ2v) is 3.90. The lowest BCUT2D eigenvalue weighted by molar-refractivity contribution is -0.384. The molecule has 4 nitrogen and oxygen atoms in total. The number of rotatable bonds is 2. The van der Waals surface area contributed by atoms with Crippen LogP contribution in [0.4, 0.5) is 11.4 Å². The third kappa shape index (κ3) is 2.25. The van der Waals surface area contributed by atoms with E-state index in [1.165, 1.54) is 6.07 Å². The Kier molecular flexibility index (Phi) is 2.78. The number of nitrogen functional groups attached to an aromatic ring is 1. The zero-order chi connectivity index (χ0) is 12.4. The standard InChI is InChI=1S/C13H12N2O2/c1-9-2-7-13(15(16)17)12(8-9)10-3-5-11(14)6-4-10/h2-8H,14H2,1H3. The van der Waals surface area contributed by atoms with Crippen molar-refractivity contribution in [3.05, 3.63) is 58.1 Å². The van der Waals surface area contributed by atoms with Crippen molar-refractivity contribution >= 4 is 11.4 Å². The number of nitro benzene ring substituents is 1. The van der Waals surface area contributed by atoms with E-state index in [4.69, 9.17) is 5.73 Å². The Hall–Kier alpha value is -2.36. The monoisotopic (exact) mass is 228 g/mol. The molecule has 0 spiro atoms. The van der Waals surface area contributed by atoms with Gasteiger partial charge in [0, 0.05) is 11.8 Å². The molecule has 2 aromatic rings. The molecular weight excluding hydrogens is 216 g/mol. The molecule has 86 valence electrons. The maximum absolute atomic E-state index is 11.0. The molecule has 0 fully saturated rings. The summed E-state index contributed by atoms with van der Waals surface area (Å²) in [5, 5.41) is 11.0. The number of anilines is 1. The van der Waals surface area contributed by atoms with Crippen molar-refractivity contribution in [1.29, 1.82) is 0 Å². The molecule has 0 aliphatic rings. The molecule has 17 heavy (non-hydrogen) atoms. The lowest BCUT2D eigenvalue weighted by atomic mass is 10.0. The molecule has 4 heteroatoms. The van der Waals surface area contributed by atoms with Gasteiger partial charge in [-0.15, -0.1) is 0 Å². The van der Waals surface area contributed by atoms with Crippen LogP contribution in [-0.4, -0.2) is 4.92 Å². The summed E-state index contributed by atoms with van der Waals surface area (Å²) in [5.41, 5.74) is 8.76. The topological polar surface area (TPSA) is 69.2 Å². The maximum Gasteiger partial charge on any atom is 0.277 e. The van der Waals surface area contributed by atoms with E-state index in [0.717, 1.165) is 11.1 Å². The SMILES string of the molecule is Cc1ccc([N+](=O)[O-])c(-c2ccc(N)cc2)c1. The Labute approximate surface area is 98.8 Å². The summed E-state index contributed by atoms with van der Waals surface area (Å²) in [7, 11) is 0. The van der Waals surface area contributed by atoms with Gasteiger partial charge in [0.15, 0.2) is 0 Å². The highest BCUT2D eigenvalue weighted by Crippen LogP contribution is 2.30. The number of aryl methyl sites for hydroxylation is 1. The third-order valence-corrected chi connectivity index (χ3v) is 2.57. The van der Waals surface area contributed by atoms with Gasteiger partial charge >= 0.3 is 0 Å². The normalized spacial score (nSPS) is 10.2. The smallest absolute Gasteiger partial charge is 0.277 e. The van der Waals surface area contributed by atoms with Crippen LogP contribution in [0, 0.1) is 17.0 Å². The number of nitro groups is 1. The highest BCUT2D eigenvalue weighted by molar-refractivity contribution is 5.75. The number of nitrogens with two attached hydrogens (primary N) is 1. The van der Waals surface area contributed by atoms with Crippen molar-refractivity contribution in [2.75, 3.05) is 5.73 Å². The first-order valence-corrected chi connectivity index (χ1v) is 5.19. The summed E-state index contributed by atoms with van der Waals surface area (Å²) in [6, 6.07) is 12.1. The molecule has 0 amide bonds. The minimum atomic E-state index is -0.370. The Balaban J connectivity index is 2.60. The summed E-state index contributed by atoms with van der Waals surface area (Å²) >= 11 is 0. The Bertz CT molecular complexity index is 562. The molecule has 0 saturated heterocycles. The summed E-state index contributed by atoms with van der Waals surface area (Å²) in [6.45, 7) is 1.91. The van der Waals surface area contributed by atoms with Crippen LogP contribution < -0.4 is 5.73 Å². The van der Waals surface area contributed by atoms with E-state index in [1.807, 2.05) is 13.0 Å². The van der Waals surface area contributed by atoms with Crippen molar-refractivity contribution in [2.24, 2.45) is 0 Å². The second kappa shape index (κ2) is 4.25. The van der Waals surface area contributed by atoms with E-state index in [-0.39, 0.29) is 10.6 Å². The lowest BCUT2D eigenvalue weighted by Crippen LogP contribution is -1.93. The van der Waals surface area contributed by atoms with Gasteiger partial charge in [-0.1, -0.05) is 23.8 Å². The fraction of sp³-hybridized carbons (Fsp3) is 0.0769. The van der Waals surface area contributed by atoms with Gasteiger partial charge in [0.05, 0.1) is 10.5 Å². The summed E-state index contributed by atoms with van der Waals surface area (Å²) < 4.78 is 0. The van der Waals surface area contributed by atoms with Gasteiger partial charge in [0.2, 0.25) is 0 Å². The zero-order valence-electron chi connectivity index (χ0n) is 9.38. The average Bonchev–Trinajstić information content (AvgIpc) is 2.29.